The average Bonchev–Trinajstić information content (AvgIpc) is 2.71. The highest BCUT2D eigenvalue weighted by molar-refractivity contribution is 7.99. The minimum absolute atomic E-state index is 0.0366. The van der Waals surface area contributed by atoms with Crippen molar-refractivity contribution in [2.45, 2.75) is 49.6 Å². The fraction of sp³-hybridized carbons (Fsp3) is 0.429. The third-order valence-electron chi connectivity index (χ3n) is 5.26. The Morgan fingerprint density at radius 3 is 2.59 bits per heavy atom. The van der Waals surface area contributed by atoms with Crippen LogP contribution in [0, 0.1) is 13.8 Å². The second-order valence-corrected chi connectivity index (χ2v) is 10.6. The molecule has 2 heterocycles. The van der Waals surface area contributed by atoms with Gasteiger partial charge in [-0.1, -0.05) is 17.8 Å². The van der Waals surface area contributed by atoms with Gasteiger partial charge in [0.2, 0.25) is 10.0 Å². The first-order chi connectivity index (χ1) is 13.8. The quantitative estimate of drug-likeness (QED) is 0.755. The monoisotopic (exact) mass is 433 g/mol. The van der Waals surface area contributed by atoms with Crippen LogP contribution in [0.5, 0.6) is 0 Å². The topological polar surface area (TPSA) is 79.4 Å². The van der Waals surface area contributed by atoms with Crippen molar-refractivity contribution < 1.29 is 13.2 Å². The fourth-order valence-corrected chi connectivity index (χ4v) is 5.37. The lowest BCUT2D eigenvalue weighted by Gasteiger charge is -2.31. The van der Waals surface area contributed by atoms with Gasteiger partial charge >= 0.3 is 0 Å². The number of nitrogens with zero attached hydrogens (tertiary/aromatic N) is 2. The first-order valence-electron chi connectivity index (χ1n) is 9.79. The summed E-state index contributed by atoms with van der Waals surface area (Å²) in [4.78, 5) is 18.3. The summed E-state index contributed by atoms with van der Waals surface area (Å²) in [5.41, 5.74) is 2.97. The van der Waals surface area contributed by atoms with Gasteiger partial charge in [0.15, 0.2) is 0 Å². The van der Waals surface area contributed by atoms with Crippen molar-refractivity contribution in [1.82, 2.24) is 14.6 Å². The molecule has 29 heavy (non-hydrogen) atoms. The molecule has 0 unspecified atom stereocenters. The number of carbonyl (C=O) groups excluding carboxylic acids is 1. The van der Waals surface area contributed by atoms with Crippen molar-refractivity contribution in [3.05, 3.63) is 53.2 Å². The minimum atomic E-state index is -3.17. The predicted molar refractivity (Wildman–Crippen MR) is 116 cm³/mol. The number of sulfonamides is 1. The third-order valence-corrected chi connectivity index (χ3v) is 8.15. The zero-order valence-electron chi connectivity index (χ0n) is 17.0. The van der Waals surface area contributed by atoms with Gasteiger partial charge in [0.25, 0.3) is 5.91 Å². The largest absolute Gasteiger partial charge is 0.349 e. The van der Waals surface area contributed by atoms with E-state index in [1.54, 1.807) is 25.3 Å². The summed E-state index contributed by atoms with van der Waals surface area (Å²) in [6.45, 7) is 6.67. The number of benzene rings is 1. The van der Waals surface area contributed by atoms with E-state index in [9.17, 15) is 13.2 Å². The van der Waals surface area contributed by atoms with Crippen LogP contribution in [-0.4, -0.2) is 48.5 Å². The van der Waals surface area contributed by atoms with Gasteiger partial charge in [-0.15, -0.1) is 0 Å². The van der Waals surface area contributed by atoms with Crippen LogP contribution in [0.3, 0.4) is 0 Å². The maximum atomic E-state index is 12.9. The zero-order chi connectivity index (χ0) is 21.0. The van der Waals surface area contributed by atoms with E-state index in [0.29, 0.717) is 36.5 Å². The average molecular weight is 434 g/mol. The van der Waals surface area contributed by atoms with Crippen LogP contribution in [-0.2, 0) is 10.0 Å². The molecule has 0 atom stereocenters. The Labute approximate surface area is 177 Å². The molecule has 0 radical (unpaired) electrons. The number of piperidine rings is 1. The number of aromatic nitrogens is 1. The van der Waals surface area contributed by atoms with E-state index < -0.39 is 10.0 Å². The van der Waals surface area contributed by atoms with E-state index in [4.69, 9.17) is 0 Å². The molecule has 1 N–H and O–H groups in total. The Kier molecular flexibility index (Phi) is 6.97. The van der Waals surface area contributed by atoms with Crippen LogP contribution >= 0.6 is 11.8 Å². The van der Waals surface area contributed by atoms with Gasteiger partial charge in [-0.05, 0) is 69.0 Å². The van der Waals surface area contributed by atoms with Crippen LogP contribution in [0.2, 0.25) is 0 Å². The molecule has 0 spiro atoms. The SMILES string of the molecule is CCS(=O)(=O)N1CCC(NC(=O)c2cccnc2Sc2ccc(C)c(C)c2)CC1. The number of rotatable bonds is 6. The molecular formula is C21H27N3O3S2. The van der Waals surface area contributed by atoms with Crippen molar-refractivity contribution >= 4 is 27.7 Å². The number of aryl methyl sites for hydroxylation is 2. The van der Waals surface area contributed by atoms with Gasteiger partial charge in [0.1, 0.15) is 5.03 Å². The van der Waals surface area contributed by atoms with Crippen LogP contribution < -0.4 is 5.32 Å². The molecule has 0 bridgehead atoms. The molecule has 1 aromatic carbocycles. The molecule has 1 amide bonds. The summed E-state index contributed by atoms with van der Waals surface area (Å²) in [5.74, 6) is -0.0556. The lowest BCUT2D eigenvalue weighted by molar-refractivity contribution is 0.0920. The predicted octanol–water partition coefficient (Wildman–Crippen LogP) is 3.39. The number of nitrogens with one attached hydrogen (secondary N) is 1. The first-order valence-corrected chi connectivity index (χ1v) is 12.2. The van der Waals surface area contributed by atoms with Crippen molar-refractivity contribution in [2.24, 2.45) is 0 Å². The summed E-state index contributed by atoms with van der Waals surface area (Å²) in [5, 5.41) is 3.72. The van der Waals surface area contributed by atoms with Crippen LogP contribution in [0.15, 0.2) is 46.5 Å². The fourth-order valence-electron chi connectivity index (χ4n) is 3.26. The standard InChI is InChI=1S/C21H27N3O3S2/c1-4-29(26,27)24-12-9-17(10-13-24)23-20(25)19-6-5-11-22-21(19)28-18-8-7-15(2)16(3)14-18/h5-8,11,14,17H,4,9-10,12-13H2,1-3H3,(H,23,25). The highest BCUT2D eigenvalue weighted by atomic mass is 32.2. The summed E-state index contributed by atoms with van der Waals surface area (Å²) in [6, 6.07) is 9.70. The van der Waals surface area contributed by atoms with E-state index in [0.717, 1.165) is 4.90 Å². The molecule has 1 saturated heterocycles. The molecule has 3 rings (SSSR count). The molecule has 1 aliphatic rings. The second-order valence-electron chi connectivity index (χ2n) is 7.25. The van der Waals surface area contributed by atoms with Gasteiger partial charge in [0.05, 0.1) is 11.3 Å². The summed E-state index contributed by atoms with van der Waals surface area (Å²) in [7, 11) is -3.17. The van der Waals surface area contributed by atoms with Gasteiger partial charge in [-0.3, -0.25) is 4.79 Å². The van der Waals surface area contributed by atoms with Crippen LogP contribution in [0.4, 0.5) is 0 Å². The number of hydrogen-bond acceptors (Lipinski definition) is 5. The molecule has 6 nitrogen and oxygen atoms in total. The van der Waals surface area contributed by atoms with E-state index in [1.165, 1.54) is 27.2 Å². The molecule has 1 aliphatic heterocycles. The van der Waals surface area contributed by atoms with E-state index in [1.807, 2.05) is 6.07 Å². The van der Waals surface area contributed by atoms with Crippen LogP contribution in [0.25, 0.3) is 0 Å². The molecule has 8 heteroatoms. The Hall–Kier alpha value is -1.90. The normalized spacial score (nSPS) is 16.0. The highest BCUT2D eigenvalue weighted by Gasteiger charge is 2.28. The zero-order valence-corrected chi connectivity index (χ0v) is 18.6. The molecule has 0 saturated carbocycles. The van der Waals surface area contributed by atoms with E-state index in [-0.39, 0.29) is 17.7 Å². The van der Waals surface area contributed by atoms with E-state index >= 15 is 0 Å². The first kappa shape index (κ1) is 21.8. The Morgan fingerprint density at radius 1 is 1.21 bits per heavy atom. The lowest BCUT2D eigenvalue weighted by Crippen LogP contribution is -2.46. The van der Waals surface area contributed by atoms with Gasteiger partial charge < -0.3 is 5.32 Å². The van der Waals surface area contributed by atoms with Crippen molar-refractivity contribution in [3.8, 4) is 0 Å². The number of pyridine rings is 1. The summed E-state index contributed by atoms with van der Waals surface area (Å²) >= 11 is 1.47. The molecule has 0 aliphatic carbocycles. The molecule has 2 aromatic rings. The molecular weight excluding hydrogens is 406 g/mol. The van der Waals surface area contributed by atoms with Crippen molar-refractivity contribution in [1.29, 1.82) is 0 Å². The Balaban J connectivity index is 1.67. The maximum absolute atomic E-state index is 12.9. The lowest BCUT2D eigenvalue weighted by atomic mass is 10.1. The minimum Gasteiger partial charge on any atom is -0.349 e. The third kappa shape index (κ3) is 5.38. The maximum Gasteiger partial charge on any atom is 0.254 e. The number of amides is 1. The smallest absolute Gasteiger partial charge is 0.254 e. The number of hydrogen-bond donors (Lipinski definition) is 1. The number of carbonyl (C=O) groups is 1. The molecule has 156 valence electrons. The van der Waals surface area contributed by atoms with Crippen molar-refractivity contribution in [3.63, 3.8) is 0 Å². The van der Waals surface area contributed by atoms with Gasteiger partial charge in [-0.25, -0.2) is 17.7 Å². The Morgan fingerprint density at radius 2 is 1.93 bits per heavy atom. The second kappa shape index (κ2) is 9.28. The van der Waals surface area contributed by atoms with E-state index in [2.05, 4.69) is 36.3 Å². The van der Waals surface area contributed by atoms with Gasteiger partial charge in [0, 0.05) is 30.2 Å². The summed E-state index contributed by atoms with van der Waals surface area (Å²) < 4.78 is 25.5. The van der Waals surface area contributed by atoms with Crippen LogP contribution in [0.1, 0.15) is 41.3 Å². The highest BCUT2D eigenvalue weighted by Crippen LogP contribution is 2.30. The summed E-state index contributed by atoms with van der Waals surface area (Å²) in [6.07, 6.45) is 2.92. The molecule has 1 aromatic heterocycles. The Bertz CT molecular complexity index is 984. The molecule has 1 fully saturated rings. The van der Waals surface area contributed by atoms with Gasteiger partial charge in [-0.2, -0.15) is 0 Å². The van der Waals surface area contributed by atoms with Crippen molar-refractivity contribution in [2.75, 3.05) is 18.8 Å².